The van der Waals surface area contributed by atoms with Gasteiger partial charge in [0.1, 0.15) is 35.3 Å². The maximum atomic E-state index is 15.1. The lowest BCUT2D eigenvalue weighted by atomic mass is 10.0. The van der Waals surface area contributed by atoms with Crippen LogP contribution in [0.3, 0.4) is 0 Å². The van der Waals surface area contributed by atoms with Crippen molar-refractivity contribution < 1.29 is 27.9 Å². The van der Waals surface area contributed by atoms with E-state index >= 15 is 4.57 Å². The normalized spacial score (nSPS) is 14.8. The van der Waals surface area contributed by atoms with Gasteiger partial charge in [0.15, 0.2) is 5.82 Å². The highest BCUT2D eigenvalue weighted by Gasteiger charge is 2.39. The zero-order valence-corrected chi connectivity index (χ0v) is 30.5. The smallest absolute Gasteiger partial charge is 0.459 e. The van der Waals surface area contributed by atoms with Crippen molar-refractivity contribution in [1.82, 2.24) is 19.6 Å². The molecule has 3 aromatic carbocycles. The van der Waals surface area contributed by atoms with E-state index in [2.05, 4.69) is 28.5 Å². The van der Waals surface area contributed by atoms with Crippen LogP contribution in [0.1, 0.15) is 67.3 Å². The summed E-state index contributed by atoms with van der Waals surface area (Å²) in [6, 6.07) is 19.5. The summed E-state index contributed by atoms with van der Waals surface area (Å²) in [6.45, 7) is 15.7. The second-order valence-electron chi connectivity index (χ2n) is 13.8. The lowest BCUT2D eigenvalue weighted by Gasteiger charge is -2.31. The van der Waals surface area contributed by atoms with E-state index in [1.165, 1.54) is 0 Å². The number of esters is 1. The highest BCUT2D eigenvalue weighted by Crippen LogP contribution is 2.49. The number of pyridine rings is 1. The molecule has 0 saturated carbocycles. The number of benzene rings is 3. The van der Waals surface area contributed by atoms with E-state index in [0.717, 1.165) is 27.2 Å². The third-order valence-corrected chi connectivity index (χ3v) is 9.69. The summed E-state index contributed by atoms with van der Waals surface area (Å²) in [4.78, 5) is 23.0. The Balaban J connectivity index is 1.60. The van der Waals surface area contributed by atoms with Crippen molar-refractivity contribution in [3.63, 3.8) is 0 Å². The Bertz CT molecular complexity index is 1980. The number of rotatable bonds is 14. The molecule has 3 N–H and O–H groups in total. The molecule has 0 saturated heterocycles. The van der Waals surface area contributed by atoms with Gasteiger partial charge < -0.3 is 24.3 Å². The minimum atomic E-state index is -4.28. The van der Waals surface area contributed by atoms with Crippen molar-refractivity contribution in [2.24, 2.45) is 11.8 Å². The second kappa shape index (κ2) is 14.8. The monoisotopic (exact) mass is 689 g/mol. The lowest BCUT2D eigenvalue weighted by molar-refractivity contribution is -0.158. The third kappa shape index (κ3) is 8.24. The van der Waals surface area contributed by atoms with Crippen LogP contribution < -0.4 is 15.3 Å². The topological polar surface area (TPSA) is 140 Å². The molecule has 0 spiro atoms. The fraction of sp³-hybridized carbons (Fsp3) is 0.432. The summed E-state index contributed by atoms with van der Waals surface area (Å²) in [6.07, 6.45) is 0. The number of carbonyl (C=O) groups excluding carboxylic acids is 1. The first kappa shape index (κ1) is 36.3. The number of anilines is 1. The molecule has 5 rings (SSSR count). The summed E-state index contributed by atoms with van der Waals surface area (Å²) >= 11 is 0. The highest BCUT2D eigenvalue weighted by molar-refractivity contribution is 7.52. The number of aromatic nitrogens is 3. The Hall–Kier alpha value is -4.02. The molecule has 3 atom stereocenters. The number of carbonyl (C=O) groups is 1. The van der Waals surface area contributed by atoms with Gasteiger partial charge >= 0.3 is 13.7 Å². The zero-order chi connectivity index (χ0) is 35.5. The van der Waals surface area contributed by atoms with Crippen molar-refractivity contribution >= 4 is 52.2 Å². The molecule has 0 aliphatic carbocycles. The molecule has 0 radical (unpaired) electrons. The molecule has 11 nitrogen and oxygen atoms in total. The quantitative estimate of drug-likeness (QED) is 0.0866. The Labute approximate surface area is 288 Å². The molecule has 0 aliphatic heterocycles. The number of para-hydroxylation sites is 1. The van der Waals surface area contributed by atoms with E-state index in [1.807, 2.05) is 81.4 Å². The van der Waals surface area contributed by atoms with Gasteiger partial charge in [-0.25, -0.2) is 14.5 Å². The summed E-state index contributed by atoms with van der Waals surface area (Å²) in [5, 5.41) is 5.51. The van der Waals surface area contributed by atoms with E-state index < -0.39 is 31.4 Å². The van der Waals surface area contributed by atoms with Crippen LogP contribution in [0.15, 0.2) is 66.7 Å². The summed E-state index contributed by atoms with van der Waals surface area (Å²) in [5.74, 6) is 0.400. The van der Waals surface area contributed by atoms with Crippen LogP contribution in [0.4, 0.5) is 5.82 Å². The molecular weight excluding hydrogens is 641 g/mol. The Morgan fingerprint density at radius 1 is 0.939 bits per heavy atom. The van der Waals surface area contributed by atoms with E-state index in [1.54, 1.807) is 26.8 Å². The average molecular weight is 690 g/mol. The lowest BCUT2D eigenvalue weighted by Crippen LogP contribution is -2.44. The van der Waals surface area contributed by atoms with Gasteiger partial charge in [-0.05, 0) is 57.0 Å². The van der Waals surface area contributed by atoms with Gasteiger partial charge in [0.05, 0.1) is 23.7 Å². The first-order valence-electron chi connectivity index (χ1n) is 16.8. The highest BCUT2D eigenvalue weighted by atomic mass is 31.2. The van der Waals surface area contributed by atoms with Crippen molar-refractivity contribution in [1.29, 1.82) is 0 Å². The zero-order valence-electron chi connectivity index (χ0n) is 29.6. The summed E-state index contributed by atoms with van der Waals surface area (Å²) in [7, 11) is -4.28. The third-order valence-electron chi connectivity index (χ3n) is 8.17. The standard InChI is InChI=1S/C37H48N5O6P/c1-9-45-22-31-40-33-34(27-18-12-13-19-28(27)39-35(33)38)42(31)29(23(2)3)21-46-49(44,41-32(24(4)5)36(43)47-37(6,7)8)48-30-20-14-16-25-15-10-11-17-26(25)30/h10-20,23-24,29,32H,9,21-22H2,1-8H3,(H2,38,39)(H,41,44)/t29-,32-,49?/m0/s1. The van der Waals surface area contributed by atoms with Crippen LogP contribution >= 0.6 is 7.75 Å². The maximum Gasteiger partial charge on any atom is 0.459 e. The van der Waals surface area contributed by atoms with Crippen LogP contribution in [0.5, 0.6) is 5.75 Å². The molecule has 2 aromatic heterocycles. The summed E-state index contributed by atoms with van der Waals surface area (Å²) < 4.78 is 41.4. The SMILES string of the molecule is CCOCc1nc2c(N)nc3ccccc3c2n1[C@@H](COP(=O)(N[C@H](C(=O)OC(C)(C)C)C(C)C)Oc1cccc2ccccc12)C(C)C. The van der Waals surface area contributed by atoms with Gasteiger partial charge in [-0.1, -0.05) is 82.3 Å². The number of nitrogens with two attached hydrogens (primary N) is 1. The van der Waals surface area contributed by atoms with Gasteiger partial charge in [0.25, 0.3) is 0 Å². The van der Waals surface area contributed by atoms with Crippen LogP contribution in [-0.4, -0.2) is 45.4 Å². The van der Waals surface area contributed by atoms with E-state index in [0.29, 0.717) is 29.5 Å². The number of hydrogen-bond donors (Lipinski definition) is 2. The predicted octanol–water partition coefficient (Wildman–Crippen LogP) is 8.21. The van der Waals surface area contributed by atoms with Crippen molar-refractivity contribution in [3.05, 3.63) is 72.6 Å². The van der Waals surface area contributed by atoms with Gasteiger partial charge in [-0.3, -0.25) is 9.32 Å². The molecule has 5 aromatic rings. The number of nitrogens with one attached hydrogen (secondary N) is 1. The van der Waals surface area contributed by atoms with E-state index in [-0.39, 0.29) is 25.0 Å². The molecule has 49 heavy (non-hydrogen) atoms. The molecule has 262 valence electrons. The molecule has 0 fully saturated rings. The molecule has 12 heteroatoms. The molecule has 0 bridgehead atoms. The first-order chi connectivity index (χ1) is 23.2. The van der Waals surface area contributed by atoms with Crippen LogP contribution in [0.2, 0.25) is 0 Å². The maximum absolute atomic E-state index is 15.1. The van der Waals surface area contributed by atoms with Crippen LogP contribution in [0, 0.1) is 11.8 Å². The molecule has 0 amide bonds. The summed E-state index contributed by atoms with van der Waals surface area (Å²) in [5.41, 5.74) is 7.77. The fourth-order valence-corrected chi connectivity index (χ4v) is 7.46. The minimum absolute atomic E-state index is 0.0383. The van der Waals surface area contributed by atoms with Gasteiger partial charge in [-0.15, -0.1) is 0 Å². The Kier molecular flexibility index (Phi) is 11.0. The Morgan fingerprint density at radius 2 is 1.61 bits per heavy atom. The molecular formula is C37H48N5O6P. The molecule has 2 heterocycles. The number of nitrogen functional groups attached to an aromatic ring is 1. The van der Waals surface area contributed by atoms with Gasteiger partial charge in [-0.2, -0.15) is 5.09 Å². The first-order valence-corrected chi connectivity index (χ1v) is 18.3. The number of ether oxygens (including phenoxy) is 2. The number of hydrogen-bond acceptors (Lipinski definition) is 9. The molecule has 0 aliphatic rings. The molecule has 1 unspecified atom stereocenters. The van der Waals surface area contributed by atoms with Gasteiger partial charge in [0, 0.05) is 17.4 Å². The van der Waals surface area contributed by atoms with Crippen molar-refractivity contribution in [3.8, 4) is 5.75 Å². The number of imidazole rings is 1. The van der Waals surface area contributed by atoms with Gasteiger partial charge in [0.2, 0.25) is 0 Å². The minimum Gasteiger partial charge on any atom is -0.459 e. The Morgan fingerprint density at radius 3 is 2.29 bits per heavy atom. The number of fused-ring (bicyclic) bond motifs is 4. The average Bonchev–Trinajstić information content (AvgIpc) is 3.42. The van der Waals surface area contributed by atoms with E-state index in [9.17, 15) is 4.79 Å². The van der Waals surface area contributed by atoms with Crippen molar-refractivity contribution in [2.45, 2.75) is 79.7 Å². The van der Waals surface area contributed by atoms with Crippen LogP contribution in [0.25, 0.3) is 32.7 Å². The predicted molar refractivity (Wildman–Crippen MR) is 194 cm³/mol. The fourth-order valence-electron chi connectivity index (χ4n) is 5.77. The number of nitrogens with zero attached hydrogens (tertiary/aromatic N) is 3. The second-order valence-corrected chi connectivity index (χ2v) is 15.5. The van der Waals surface area contributed by atoms with Crippen molar-refractivity contribution in [2.75, 3.05) is 18.9 Å². The van der Waals surface area contributed by atoms with E-state index in [4.69, 9.17) is 29.2 Å². The largest absolute Gasteiger partial charge is 0.459 e. The van der Waals surface area contributed by atoms with Crippen LogP contribution in [-0.2, 0) is 30.0 Å².